The Kier molecular flexibility index (Phi) is 10.2. The highest BCUT2D eigenvalue weighted by atomic mass is 35.5. The fourth-order valence-electron chi connectivity index (χ4n) is 6.75. The summed E-state index contributed by atoms with van der Waals surface area (Å²) in [6.07, 6.45) is 13.8. The summed E-state index contributed by atoms with van der Waals surface area (Å²) in [6, 6.07) is 5.61. The first-order chi connectivity index (χ1) is 21.5. The predicted molar refractivity (Wildman–Crippen MR) is 173 cm³/mol. The van der Waals surface area contributed by atoms with E-state index in [4.69, 9.17) is 16.3 Å². The average molecular weight is 622 g/mol. The molecule has 2 aromatic rings. The van der Waals surface area contributed by atoms with Crippen LogP contribution in [0.4, 0.5) is 17.3 Å². The summed E-state index contributed by atoms with van der Waals surface area (Å²) in [5.74, 6) is 2.39. The highest BCUT2D eigenvalue weighted by molar-refractivity contribution is 6.32. The number of hydrogen-bond acceptors (Lipinski definition) is 8. The minimum Gasteiger partial charge on any atom is -0.489 e. The second-order valence-electron chi connectivity index (χ2n) is 12.4. The molecule has 236 valence electrons. The third-order valence-corrected chi connectivity index (χ3v) is 9.58. The van der Waals surface area contributed by atoms with E-state index < -0.39 is 0 Å². The lowest BCUT2D eigenvalue weighted by Crippen LogP contribution is -2.44. The molecule has 1 aromatic carbocycles. The number of piperidine rings is 2. The van der Waals surface area contributed by atoms with Crippen LogP contribution in [0.5, 0.6) is 5.75 Å². The van der Waals surface area contributed by atoms with Crippen LogP contribution in [-0.2, 0) is 9.59 Å². The van der Waals surface area contributed by atoms with Gasteiger partial charge in [-0.25, -0.2) is 9.97 Å². The van der Waals surface area contributed by atoms with E-state index in [9.17, 15) is 9.59 Å². The van der Waals surface area contributed by atoms with Gasteiger partial charge in [-0.3, -0.25) is 9.59 Å². The van der Waals surface area contributed by atoms with Gasteiger partial charge in [0.2, 0.25) is 11.8 Å². The normalized spacial score (nSPS) is 19.8. The monoisotopic (exact) mass is 621 g/mol. The Morgan fingerprint density at radius 2 is 1.80 bits per heavy atom. The number of likely N-dealkylation sites (tertiary alicyclic amines) is 2. The topological polar surface area (TPSA) is 112 Å². The minimum absolute atomic E-state index is 0.0252. The molecule has 3 aliphatic heterocycles. The van der Waals surface area contributed by atoms with Crippen LogP contribution in [0.2, 0.25) is 5.02 Å². The molecule has 44 heavy (non-hydrogen) atoms. The van der Waals surface area contributed by atoms with Gasteiger partial charge >= 0.3 is 0 Å². The van der Waals surface area contributed by atoms with Crippen LogP contribution in [0, 0.1) is 5.92 Å². The lowest BCUT2D eigenvalue weighted by Gasteiger charge is -2.33. The largest absolute Gasteiger partial charge is 0.489 e. The Morgan fingerprint density at radius 3 is 2.57 bits per heavy atom. The lowest BCUT2D eigenvalue weighted by molar-refractivity contribution is -0.137. The number of halogens is 1. The summed E-state index contributed by atoms with van der Waals surface area (Å²) in [5.41, 5.74) is 2.19. The fraction of sp³-hybridized carbons (Fsp3) is 0.576. The number of fused-ring (bicyclic) bond motifs is 1. The zero-order valence-electron chi connectivity index (χ0n) is 25.5. The SMILES string of the molecule is O=C(NCCN1CCCCC1)C1=Cc2c(ncnc2Nc2ccc(OC3CCN(C(=O)C4CCCC4)CC3)c(Cl)c2)NCC1. The highest BCUT2D eigenvalue weighted by Gasteiger charge is 2.30. The van der Waals surface area contributed by atoms with Gasteiger partial charge in [0.15, 0.2) is 0 Å². The first-order valence-corrected chi connectivity index (χ1v) is 16.7. The molecule has 6 rings (SSSR count). The third kappa shape index (κ3) is 7.64. The van der Waals surface area contributed by atoms with E-state index >= 15 is 0 Å². The molecule has 4 heterocycles. The quantitative estimate of drug-likeness (QED) is 0.349. The van der Waals surface area contributed by atoms with E-state index in [1.807, 2.05) is 29.2 Å². The number of nitrogens with one attached hydrogen (secondary N) is 3. The predicted octanol–water partition coefficient (Wildman–Crippen LogP) is 5.23. The molecule has 2 amide bonds. The number of amides is 2. The molecule has 3 fully saturated rings. The molecule has 11 heteroatoms. The molecule has 0 spiro atoms. The number of aromatic nitrogens is 2. The van der Waals surface area contributed by atoms with Crippen molar-refractivity contribution in [2.45, 2.75) is 70.3 Å². The van der Waals surface area contributed by atoms with Gasteiger partial charge in [-0.1, -0.05) is 30.9 Å². The van der Waals surface area contributed by atoms with Crippen LogP contribution in [0.3, 0.4) is 0 Å². The summed E-state index contributed by atoms with van der Waals surface area (Å²) in [7, 11) is 0. The van der Waals surface area contributed by atoms with Crippen LogP contribution >= 0.6 is 11.6 Å². The maximum absolute atomic E-state index is 13.1. The van der Waals surface area contributed by atoms with Crippen LogP contribution in [0.25, 0.3) is 6.08 Å². The summed E-state index contributed by atoms with van der Waals surface area (Å²) in [5, 5.41) is 10.3. The van der Waals surface area contributed by atoms with Gasteiger partial charge in [-0.2, -0.15) is 0 Å². The van der Waals surface area contributed by atoms with Gasteiger partial charge in [0, 0.05) is 62.7 Å². The second-order valence-corrected chi connectivity index (χ2v) is 12.8. The number of nitrogens with zero attached hydrogens (tertiary/aromatic N) is 4. The van der Waals surface area contributed by atoms with Crippen molar-refractivity contribution in [2.75, 3.05) is 56.4 Å². The average Bonchev–Trinajstić information content (AvgIpc) is 3.49. The smallest absolute Gasteiger partial charge is 0.247 e. The molecule has 2 saturated heterocycles. The number of ether oxygens (including phenoxy) is 1. The first-order valence-electron chi connectivity index (χ1n) is 16.4. The first kappa shape index (κ1) is 30.6. The van der Waals surface area contributed by atoms with Crippen LogP contribution in [-0.4, -0.2) is 83.5 Å². The van der Waals surface area contributed by atoms with Crippen molar-refractivity contribution in [3.63, 3.8) is 0 Å². The zero-order chi connectivity index (χ0) is 30.3. The number of rotatable bonds is 9. The molecule has 0 atom stereocenters. The lowest BCUT2D eigenvalue weighted by atomic mass is 10.0. The highest BCUT2D eigenvalue weighted by Crippen LogP contribution is 2.34. The Labute approximate surface area is 265 Å². The molecule has 1 aliphatic carbocycles. The number of carbonyl (C=O) groups is 2. The molecule has 4 aliphatic rings. The number of hydrogen-bond donors (Lipinski definition) is 3. The Balaban J connectivity index is 1.06. The maximum atomic E-state index is 13.1. The van der Waals surface area contributed by atoms with E-state index in [1.165, 1.54) is 38.4 Å². The second kappa shape index (κ2) is 14.6. The van der Waals surface area contributed by atoms with E-state index in [1.54, 1.807) is 0 Å². The Morgan fingerprint density at radius 1 is 1.00 bits per heavy atom. The number of anilines is 3. The van der Waals surface area contributed by atoms with Crippen molar-refractivity contribution in [3.05, 3.63) is 40.7 Å². The van der Waals surface area contributed by atoms with Crippen molar-refractivity contribution in [2.24, 2.45) is 5.92 Å². The summed E-state index contributed by atoms with van der Waals surface area (Å²) in [6.45, 7) is 5.82. The van der Waals surface area contributed by atoms with Crippen molar-refractivity contribution in [1.82, 2.24) is 25.1 Å². The van der Waals surface area contributed by atoms with E-state index in [0.29, 0.717) is 53.4 Å². The number of benzene rings is 1. The summed E-state index contributed by atoms with van der Waals surface area (Å²) in [4.78, 5) is 39.2. The van der Waals surface area contributed by atoms with Gasteiger partial charge in [-0.15, -0.1) is 0 Å². The van der Waals surface area contributed by atoms with E-state index in [0.717, 1.165) is 69.7 Å². The molecule has 1 aromatic heterocycles. The molecular weight excluding hydrogens is 578 g/mol. The van der Waals surface area contributed by atoms with E-state index in [-0.39, 0.29) is 17.9 Å². The van der Waals surface area contributed by atoms with Gasteiger partial charge in [-0.05, 0) is 69.5 Å². The molecule has 1 saturated carbocycles. The van der Waals surface area contributed by atoms with Gasteiger partial charge in [0.05, 0.1) is 10.6 Å². The third-order valence-electron chi connectivity index (χ3n) is 9.29. The van der Waals surface area contributed by atoms with Crippen LogP contribution in [0.15, 0.2) is 30.1 Å². The van der Waals surface area contributed by atoms with Gasteiger partial charge < -0.3 is 30.5 Å². The number of carbonyl (C=O) groups excluding carboxylic acids is 2. The van der Waals surface area contributed by atoms with E-state index in [2.05, 4.69) is 30.8 Å². The molecule has 0 bridgehead atoms. The Hall–Kier alpha value is -3.37. The molecule has 3 N–H and O–H groups in total. The van der Waals surface area contributed by atoms with Crippen molar-refractivity contribution in [1.29, 1.82) is 0 Å². The zero-order valence-corrected chi connectivity index (χ0v) is 26.2. The molecule has 10 nitrogen and oxygen atoms in total. The summed E-state index contributed by atoms with van der Waals surface area (Å²) >= 11 is 6.68. The van der Waals surface area contributed by atoms with Crippen LogP contribution in [0.1, 0.15) is 69.8 Å². The van der Waals surface area contributed by atoms with Crippen molar-refractivity contribution >= 4 is 46.8 Å². The molecule has 0 unspecified atom stereocenters. The summed E-state index contributed by atoms with van der Waals surface area (Å²) < 4.78 is 6.27. The van der Waals surface area contributed by atoms with Crippen LogP contribution < -0.4 is 20.7 Å². The maximum Gasteiger partial charge on any atom is 0.247 e. The molecule has 0 radical (unpaired) electrons. The minimum atomic E-state index is -0.0512. The standard InChI is InChI=1S/C33H44ClN7O3/c34-28-21-25(8-9-29(28)44-26-11-17-41(18-12-26)33(43)23-6-2-3-7-23)39-31-27-20-24(10-13-35-30(27)37-22-38-31)32(42)36-14-19-40-15-4-1-5-16-40/h8-9,20-23,26H,1-7,10-19H2,(H,36,42)(H2,35,37,38,39). The Bertz CT molecular complexity index is 1350. The fourth-order valence-corrected chi connectivity index (χ4v) is 6.98. The van der Waals surface area contributed by atoms with Crippen molar-refractivity contribution < 1.29 is 14.3 Å². The van der Waals surface area contributed by atoms with Gasteiger partial charge in [0.1, 0.15) is 29.8 Å². The van der Waals surface area contributed by atoms with Crippen molar-refractivity contribution in [3.8, 4) is 5.75 Å². The molecular formula is C33H44ClN7O3. The van der Waals surface area contributed by atoms with Gasteiger partial charge in [0.25, 0.3) is 0 Å².